The van der Waals surface area contributed by atoms with Gasteiger partial charge in [0.05, 0.1) is 12.3 Å². The molecule has 1 saturated heterocycles. The van der Waals surface area contributed by atoms with E-state index in [0.717, 1.165) is 49.0 Å². The van der Waals surface area contributed by atoms with Crippen molar-refractivity contribution >= 4 is 17.4 Å². The molecule has 2 amide bonds. The first kappa shape index (κ1) is 17.8. The van der Waals surface area contributed by atoms with E-state index in [4.69, 9.17) is 9.72 Å². The van der Waals surface area contributed by atoms with Crippen molar-refractivity contribution in [2.24, 2.45) is 0 Å². The zero-order valence-electron chi connectivity index (χ0n) is 14.5. The summed E-state index contributed by atoms with van der Waals surface area (Å²) in [4.78, 5) is 21.0. The molecule has 25 heavy (non-hydrogen) atoms. The monoisotopic (exact) mass is 360 g/mol. The fraction of sp³-hybridized carbons (Fsp3) is 0.444. The number of benzene rings is 1. The molecule has 1 aliphatic heterocycles. The molecule has 6 nitrogen and oxygen atoms in total. The lowest BCUT2D eigenvalue weighted by molar-refractivity contribution is 0.131. The lowest BCUT2D eigenvalue weighted by Gasteiger charge is -2.34. The molecule has 7 heteroatoms. The van der Waals surface area contributed by atoms with Crippen molar-refractivity contribution in [2.75, 3.05) is 46.4 Å². The maximum absolute atomic E-state index is 12.0. The van der Waals surface area contributed by atoms with Crippen LogP contribution < -0.4 is 5.32 Å². The minimum absolute atomic E-state index is 0.00304. The second-order valence-electron chi connectivity index (χ2n) is 6.00. The molecule has 134 valence electrons. The number of thiazole rings is 1. The summed E-state index contributed by atoms with van der Waals surface area (Å²) >= 11 is 1.68. The van der Waals surface area contributed by atoms with Gasteiger partial charge in [-0.1, -0.05) is 30.3 Å². The summed E-state index contributed by atoms with van der Waals surface area (Å²) in [5.41, 5.74) is 2.26. The number of nitrogens with one attached hydrogen (secondary N) is 1. The lowest BCUT2D eigenvalue weighted by Crippen LogP contribution is -2.51. The normalized spacial score (nSPS) is 15.3. The summed E-state index contributed by atoms with van der Waals surface area (Å²) in [6.45, 7) is 5.16. The Bertz CT molecular complexity index is 669. The van der Waals surface area contributed by atoms with Gasteiger partial charge in [-0.05, 0) is 0 Å². The van der Waals surface area contributed by atoms with E-state index in [1.54, 1.807) is 18.4 Å². The fourth-order valence-electron chi connectivity index (χ4n) is 2.80. The zero-order chi connectivity index (χ0) is 17.5. The predicted octanol–water partition coefficient (Wildman–Crippen LogP) is 2.28. The van der Waals surface area contributed by atoms with E-state index < -0.39 is 0 Å². The van der Waals surface area contributed by atoms with E-state index in [9.17, 15) is 4.79 Å². The van der Waals surface area contributed by atoms with Gasteiger partial charge < -0.3 is 15.0 Å². The Morgan fingerprint density at radius 2 is 2.00 bits per heavy atom. The van der Waals surface area contributed by atoms with Crippen molar-refractivity contribution in [3.05, 3.63) is 41.4 Å². The van der Waals surface area contributed by atoms with Crippen LogP contribution in [0.3, 0.4) is 0 Å². The van der Waals surface area contributed by atoms with Crippen LogP contribution in [0, 0.1) is 0 Å². The van der Waals surface area contributed by atoms with Crippen LogP contribution in [0.5, 0.6) is 0 Å². The number of urea groups is 1. The highest BCUT2D eigenvalue weighted by Gasteiger charge is 2.21. The molecule has 0 unspecified atom stereocenters. The predicted molar refractivity (Wildman–Crippen MR) is 99.7 cm³/mol. The number of carbonyl (C=O) groups is 1. The van der Waals surface area contributed by atoms with Crippen molar-refractivity contribution in [2.45, 2.75) is 6.54 Å². The third-order valence-corrected chi connectivity index (χ3v) is 5.14. The quantitative estimate of drug-likeness (QED) is 0.803. The Hall–Kier alpha value is -1.96. The number of hydrogen-bond acceptors (Lipinski definition) is 5. The first-order valence-corrected chi connectivity index (χ1v) is 9.38. The molecule has 0 aliphatic carbocycles. The molecule has 3 rings (SSSR count). The van der Waals surface area contributed by atoms with Crippen LogP contribution >= 0.6 is 11.3 Å². The number of rotatable bonds is 6. The SMILES string of the molecule is COCCNC(=O)N1CCN(Cc2csc(-c3ccccc3)n2)CC1. The number of hydrogen-bond donors (Lipinski definition) is 1. The summed E-state index contributed by atoms with van der Waals surface area (Å²) in [6, 6.07) is 10.3. The summed E-state index contributed by atoms with van der Waals surface area (Å²) < 4.78 is 4.95. The first-order chi connectivity index (χ1) is 12.3. The molecule has 2 heterocycles. The smallest absolute Gasteiger partial charge is 0.317 e. The van der Waals surface area contributed by atoms with E-state index in [1.807, 2.05) is 23.1 Å². The standard InChI is InChI=1S/C18H24N4O2S/c1-24-12-7-19-18(23)22-10-8-21(9-11-22)13-16-14-25-17(20-16)15-5-3-2-4-6-15/h2-6,14H,7-13H2,1H3,(H,19,23). The molecule has 0 atom stereocenters. The maximum atomic E-state index is 12.0. The van der Waals surface area contributed by atoms with Crippen LogP contribution in [0.25, 0.3) is 10.6 Å². The maximum Gasteiger partial charge on any atom is 0.317 e. The molecule has 1 aliphatic rings. The van der Waals surface area contributed by atoms with Gasteiger partial charge in [0.15, 0.2) is 0 Å². The van der Waals surface area contributed by atoms with Crippen molar-refractivity contribution in [1.82, 2.24) is 20.1 Å². The van der Waals surface area contributed by atoms with Crippen molar-refractivity contribution in [1.29, 1.82) is 0 Å². The molecule has 0 bridgehead atoms. The molecule has 1 fully saturated rings. The lowest BCUT2D eigenvalue weighted by atomic mass is 10.2. The molecule has 0 saturated carbocycles. The number of amides is 2. The number of nitrogens with zero attached hydrogens (tertiary/aromatic N) is 3. The Morgan fingerprint density at radius 1 is 1.24 bits per heavy atom. The van der Waals surface area contributed by atoms with Crippen LogP contribution in [-0.4, -0.2) is 67.3 Å². The van der Waals surface area contributed by atoms with Gasteiger partial charge in [-0.15, -0.1) is 11.3 Å². The Kier molecular flexibility index (Phi) is 6.38. The Morgan fingerprint density at radius 3 is 2.72 bits per heavy atom. The number of ether oxygens (including phenoxy) is 1. The van der Waals surface area contributed by atoms with Gasteiger partial charge >= 0.3 is 6.03 Å². The fourth-order valence-corrected chi connectivity index (χ4v) is 3.62. The van der Waals surface area contributed by atoms with Gasteiger partial charge in [0.2, 0.25) is 0 Å². The third-order valence-electron chi connectivity index (χ3n) is 4.20. The van der Waals surface area contributed by atoms with E-state index in [-0.39, 0.29) is 6.03 Å². The highest BCUT2D eigenvalue weighted by molar-refractivity contribution is 7.13. The minimum Gasteiger partial charge on any atom is -0.383 e. The molecule has 0 radical (unpaired) electrons. The second-order valence-corrected chi connectivity index (χ2v) is 6.86. The summed E-state index contributed by atoms with van der Waals surface area (Å²) in [7, 11) is 1.63. The van der Waals surface area contributed by atoms with Crippen LogP contribution in [0.4, 0.5) is 4.79 Å². The first-order valence-electron chi connectivity index (χ1n) is 8.50. The van der Waals surface area contributed by atoms with Crippen molar-refractivity contribution in [3.63, 3.8) is 0 Å². The average Bonchev–Trinajstić information content (AvgIpc) is 3.12. The molecular weight excluding hydrogens is 336 g/mol. The molecule has 1 N–H and O–H groups in total. The van der Waals surface area contributed by atoms with E-state index >= 15 is 0 Å². The van der Waals surface area contributed by atoms with Crippen LogP contribution in [0.15, 0.2) is 35.7 Å². The molecule has 1 aromatic carbocycles. The molecular formula is C18H24N4O2S. The zero-order valence-corrected chi connectivity index (χ0v) is 15.3. The van der Waals surface area contributed by atoms with E-state index in [2.05, 4.69) is 27.7 Å². The largest absolute Gasteiger partial charge is 0.383 e. The van der Waals surface area contributed by atoms with Gasteiger partial charge in [-0.3, -0.25) is 4.90 Å². The number of methoxy groups -OCH3 is 1. The average molecular weight is 360 g/mol. The molecule has 2 aromatic rings. The number of aromatic nitrogens is 1. The van der Waals surface area contributed by atoms with Gasteiger partial charge in [-0.2, -0.15) is 0 Å². The van der Waals surface area contributed by atoms with Gasteiger partial charge in [0, 0.05) is 57.3 Å². The van der Waals surface area contributed by atoms with Gasteiger partial charge in [0.1, 0.15) is 5.01 Å². The highest BCUT2D eigenvalue weighted by atomic mass is 32.1. The molecule has 0 spiro atoms. The summed E-state index contributed by atoms with van der Waals surface area (Å²) in [5.74, 6) is 0. The van der Waals surface area contributed by atoms with Crippen LogP contribution in [-0.2, 0) is 11.3 Å². The molecule has 1 aromatic heterocycles. The van der Waals surface area contributed by atoms with Crippen LogP contribution in [0.2, 0.25) is 0 Å². The number of carbonyl (C=O) groups excluding carboxylic acids is 1. The van der Waals surface area contributed by atoms with Gasteiger partial charge in [-0.25, -0.2) is 9.78 Å². The highest BCUT2D eigenvalue weighted by Crippen LogP contribution is 2.24. The van der Waals surface area contributed by atoms with Crippen molar-refractivity contribution < 1.29 is 9.53 Å². The second kappa shape index (κ2) is 8.94. The van der Waals surface area contributed by atoms with Crippen LogP contribution in [0.1, 0.15) is 5.69 Å². The summed E-state index contributed by atoms with van der Waals surface area (Å²) in [5, 5.41) is 6.07. The van der Waals surface area contributed by atoms with Crippen molar-refractivity contribution in [3.8, 4) is 10.6 Å². The topological polar surface area (TPSA) is 57.7 Å². The van der Waals surface area contributed by atoms with E-state index in [1.165, 1.54) is 0 Å². The van der Waals surface area contributed by atoms with E-state index in [0.29, 0.717) is 13.2 Å². The Labute approximate surface area is 152 Å². The number of piperazine rings is 1. The Balaban J connectivity index is 1.46. The van der Waals surface area contributed by atoms with Gasteiger partial charge in [0.25, 0.3) is 0 Å². The minimum atomic E-state index is -0.00304. The third kappa shape index (κ3) is 5.01. The summed E-state index contributed by atoms with van der Waals surface area (Å²) in [6.07, 6.45) is 0.